The van der Waals surface area contributed by atoms with Crippen LogP contribution in [0.5, 0.6) is 0 Å². The third-order valence-corrected chi connectivity index (χ3v) is 5.25. The van der Waals surface area contributed by atoms with Crippen molar-refractivity contribution < 1.29 is 13.2 Å². The normalized spacial score (nSPS) is 14.0. The number of alkyl halides is 3. The molecule has 0 atom stereocenters. The number of hydrogen-bond acceptors (Lipinski definition) is 4. The molecule has 0 fully saturated rings. The number of nitrogens with one attached hydrogen (secondary N) is 1. The molecular weight excluding hydrogens is 391 g/mol. The first kappa shape index (κ1) is 18.6. The lowest BCUT2D eigenvalue weighted by molar-refractivity contribution is -0.137. The molecule has 30 heavy (non-hydrogen) atoms. The van der Waals surface area contributed by atoms with Gasteiger partial charge in [0.05, 0.1) is 11.3 Å². The van der Waals surface area contributed by atoms with Crippen LogP contribution in [0.1, 0.15) is 29.7 Å². The van der Waals surface area contributed by atoms with Gasteiger partial charge < -0.3 is 5.32 Å². The van der Waals surface area contributed by atoms with Gasteiger partial charge in [0.1, 0.15) is 5.82 Å². The summed E-state index contributed by atoms with van der Waals surface area (Å²) in [5, 5.41) is 7.79. The Morgan fingerprint density at radius 2 is 1.70 bits per heavy atom. The number of halogens is 3. The number of nitrogens with zero attached hydrogens (tertiary/aromatic N) is 4. The minimum absolute atomic E-state index is 0.349. The van der Waals surface area contributed by atoms with Crippen LogP contribution in [-0.4, -0.2) is 19.6 Å². The van der Waals surface area contributed by atoms with E-state index in [4.69, 9.17) is 4.98 Å². The summed E-state index contributed by atoms with van der Waals surface area (Å²) in [4.78, 5) is 9.26. The van der Waals surface area contributed by atoms with E-state index in [2.05, 4.69) is 15.4 Å². The third kappa shape index (κ3) is 3.38. The zero-order valence-electron chi connectivity index (χ0n) is 15.9. The lowest BCUT2D eigenvalue weighted by atomic mass is 9.96. The molecular formula is C22H18F3N5. The summed E-state index contributed by atoms with van der Waals surface area (Å²) >= 11 is 0. The van der Waals surface area contributed by atoms with E-state index in [0.717, 1.165) is 54.6 Å². The number of rotatable bonds is 3. The Kier molecular flexibility index (Phi) is 4.42. The van der Waals surface area contributed by atoms with Crippen LogP contribution in [0.25, 0.3) is 17.2 Å². The zero-order valence-corrected chi connectivity index (χ0v) is 15.9. The Hall–Kier alpha value is -3.42. The summed E-state index contributed by atoms with van der Waals surface area (Å²) in [7, 11) is 0. The van der Waals surface area contributed by atoms with Gasteiger partial charge in [-0.3, -0.25) is 0 Å². The Morgan fingerprint density at radius 3 is 2.50 bits per heavy atom. The van der Waals surface area contributed by atoms with E-state index in [0.29, 0.717) is 23.1 Å². The summed E-state index contributed by atoms with van der Waals surface area (Å²) in [6.07, 6.45) is -0.772. The van der Waals surface area contributed by atoms with Gasteiger partial charge in [0.15, 0.2) is 5.82 Å². The fraction of sp³-hybridized carbons (Fsp3) is 0.227. The van der Waals surface area contributed by atoms with Crippen molar-refractivity contribution in [3.8, 4) is 11.4 Å². The van der Waals surface area contributed by atoms with Gasteiger partial charge in [0.25, 0.3) is 5.78 Å². The van der Waals surface area contributed by atoms with Crippen LogP contribution in [0, 0.1) is 0 Å². The smallest absolute Gasteiger partial charge is 0.340 e. The van der Waals surface area contributed by atoms with E-state index in [1.807, 2.05) is 30.3 Å². The van der Waals surface area contributed by atoms with Crippen LogP contribution in [-0.2, 0) is 19.0 Å². The van der Waals surface area contributed by atoms with Gasteiger partial charge in [-0.1, -0.05) is 36.4 Å². The maximum atomic E-state index is 13.2. The molecule has 2 aromatic carbocycles. The van der Waals surface area contributed by atoms with Crippen LogP contribution in [0.3, 0.4) is 0 Å². The van der Waals surface area contributed by atoms with Crippen molar-refractivity contribution in [3.05, 3.63) is 71.4 Å². The van der Waals surface area contributed by atoms with Crippen molar-refractivity contribution in [1.29, 1.82) is 0 Å². The molecule has 0 radical (unpaired) electrons. The minimum Gasteiger partial charge on any atom is -0.340 e. The Morgan fingerprint density at radius 1 is 0.900 bits per heavy atom. The highest BCUT2D eigenvalue weighted by molar-refractivity contribution is 5.66. The standard InChI is InChI=1S/C22H18F3N5/c23-22(24,25)15-9-6-10-16(13-15)26-20-17-11-4-5-12-18(17)27-21-28-19(29-30(20)21)14-7-2-1-3-8-14/h1-3,6-10,13,26H,4-5,11-12H2. The van der Waals surface area contributed by atoms with Crippen LogP contribution >= 0.6 is 0 Å². The first-order chi connectivity index (χ1) is 14.5. The number of aromatic nitrogens is 4. The van der Waals surface area contributed by atoms with E-state index >= 15 is 0 Å². The highest BCUT2D eigenvalue weighted by atomic mass is 19.4. The van der Waals surface area contributed by atoms with Crippen molar-refractivity contribution in [2.75, 3.05) is 5.32 Å². The average Bonchev–Trinajstić information content (AvgIpc) is 3.18. The molecule has 1 aliphatic carbocycles. The van der Waals surface area contributed by atoms with Crippen molar-refractivity contribution in [3.63, 3.8) is 0 Å². The van der Waals surface area contributed by atoms with E-state index < -0.39 is 11.7 Å². The van der Waals surface area contributed by atoms with Crippen LogP contribution in [0.15, 0.2) is 54.6 Å². The third-order valence-electron chi connectivity index (χ3n) is 5.25. The van der Waals surface area contributed by atoms with Crippen LogP contribution in [0.2, 0.25) is 0 Å². The summed E-state index contributed by atoms with van der Waals surface area (Å²) in [6.45, 7) is 0. The molecule has 2 heterocycles. The van der Waals surface area contributed by atoms with Crippen LogP contribution < -0.4 is 5.32 Å². The van der Waals surface area contributed by atoms with E-state index in [-0.39, 0.29) is 0 Å². The quantitative estimate of drug-likeness (QED) is 0.490. The SMILES string of the molecule is FC(F)(F)c1cccc(Nc2c3c(nc4nc(-c5ccccc5)nn24)CCCC3)c1. The summed E-state index contributed by atoms with van der Waals surface area (Å²) in [6, 6.07) is 14.7. The van der Waals surface area contributed by atoms with E-state index in [9.17, 15) is 13.2 Å². The Balaban J connectivity index is 1.65. The van der Waals surface area contributed by atoms with Crippen molar-refractivity contribution in [2.45, 2.75) is 31.9 Å². The monoisotopic (exact) mass is 409 g/mol. The van der Waals surface area contributed by atoms with Gasteiger partial charge in [0.2, 0.25) is 0 Å². The molecule has 0 saturated heterocycles. The summed E-state index contributed by atoms with van der Waals surface area (Å²) < 4.78 is 41.1. The first-order valence-corrected chi connectivity index (χ1v) is 9.77. The molecule has 8 heteroatoms. The molecule has 0 saturated carbocycles. The number of hydrogen-bond donors (Lipinski definition) is 1. The molecule has 2 aromatic heterocycles. The second-order valence-corrected chi connectivity index (χ2v) is 7.31. The molecule has 1 N–H and O–H groups in total. The minimum atomic E-state index is -4.40. The summed E-state index contributed by atoms with van der Waals surface area (Å²) in [5.41, 5.74) is 2.41. The van der Waals surface area contributed by atoms with Gasteiger partial charge in [-0.15, -0.1) is 5.10 Å². The Bertz CT molecular complexity index is 1210. The van der Waals surface area contributed by atoms with Gasteiger partial charge in [-0.25, -0.2) is 4.98 Å². The van der Waals surface area contributed by atoms with Crippen molar-refractivity contribution in [1.82, 2.24) is 19.6 Å². The van der Waals surface area contributed by atoms with Gasteiger partial charge >= 0.3 is 6.18 Å². The topological polar surface area (TPSA) is 55.1 Å². The second kappa shape index (κ2) is 7.12. The molecule has 0 spiro atoms. The van der Waals surface area contributed by atoms with Crippen molar-refractivity contribution >= 4 is 17.3 Å². The lowest BCUT2D eigenvalue weighted by Crippen LogP contribution is -2.14. The van der Waals surface area contributed by atoms with Crippen molar-refractivity contribution in [2.24, 2.45) is 0 Å². The van der Waals surface area contributed by atoms with E-state index in [1.54, 1.807) is 10.6 Å². The maximum absolute atomic E-state index is 13.2. The van der Waals surface area contributed by atoms with Crippen LogP contribution in [0.4, 0.5) is 24.7 Å². The molecule has 0 amide bonds. The molecule has 1 aliphatic rings. The molecule has 0 unspecified atom stereocenters. The lowest BCUT2D eigenvalue weighted by Gasteiger charge is -2.20. The maximum Gasteiger partial charge on any atom is 0.416 e. The summed E-state index contributed by atoms with van der Waals surface area (Å²) in [5.74, 6) is 1.59. The average molecular weight is 409 g/mol. The zero-order chi connectivity index (χ0) is 20.7. The number of fused-ring (bicyclic) bond motifs is 2. The number of aryl methyl sites for hydroxylation is 1. The molecule has 0 bridgehead atoms. The largest absolute Gasteiger partial charge is 0.416 e. The number of anilines is 2. The molecule has 152 valence electrons. The molecule has 5 nitrogen and oxygen atoms in total. The highest BCUT2D eigenvalue weighted by Crippen LogP contribution is 2.34. The van der Waals surface area contributed by atoms with Gasteiger partial charge in [-0.05, 0) is 43.9 Å². The predicted octanol–water partition coefficient (Wildman–Crippen LogP) is 5.43. The molecule has 5 rings (SSSR count). The Labute approximate surface area is 170 Å². The fourth-order valence-corrected chi connectivity index (χ4v) is 3.79. The van der Waals surface area contributed by atoms with Gasteiger partial charge in [-0.2, -0.15) is 22.7 Å². The van der Waals surface area contributed by atoms with Gasteiger partial charge in [0, 0.05) is 16.8 Å². The first-order valence-electron chi connectivity index (χ1n) is 9.77. The highest BCUT2D eigenvalue weighted by Gasteiger charge is 2.30. The number of benzene rings is 2. The van der Waals surface area contributed by atoms with E-state index in [1.165, 1.54) is 6.07 Å². The second-order valence-electron chi connectivity index (χ2n) is 7.31. The predicted molar refractivity (Wildman–Crippen MR) is 108 cm³/mol. The molecule has 0 aliphatic heterocycles. The molecule has 4 aromatic rings. The fourth-order valence-electron chi connectivity index (χ4n) is 3.79.